The standard InChI is InChI=1S/C23H43N3O2/c1-17(2)22(26-13-19(4)28-20(5)14-26)23(27)25-10-6-7-21(16-25)15-24-11-8-18(3)9-12-24/h17-22H,6-16H2,1-5H3/t19-,20+,21-,22-/m0/s1. The van der Waals surface area contributed by atoms with E-state index in [0.717, 1.165) is 38.5 Å². The van der Waals surface area contributed by atoms with E-state index < -0.39 is 0 Å². The van der Waals surface area contributed by atoms with E-state index in [-0.39, 0.29) is 18.2 Å². The summed E-state index contributed by atoms with van der Waals surface area (Å²) < 4.78 is 5.91. The lowest BCUT2D eigenvalue weighted by Crippen LogP contribution is -2.59. The summed E-state index contributed by atoms with van der Waals surface area (Å²) in [7, 11) is 0. The van der Waals surface area contributed by atoms with E-state index in [2.05, 4.69) is 49.3 Å². The highest BCUT2D eigenvalue weighted by atomic mass is 16.5. The highest BCUT2D eigenvalue weighted by Gasteiger charge is 2.37. The lowest BCUT2D eigenvalue weighted by atomic mass is 9.92. The number of carbonyl (C=O) groups excluding carboxylic acids is 1. The Labute approximate surface area is 172 Å². The van der Waals surface area contributed by atoms with Gasteiger partial charge in [0.1, 0.15) is 0 Å². The molecule has 0 aromatic heterocycles. The van der Waals surface area contributed by atoms with Crippen LogP contribution in [0.15, 0.2) is 0 Å². The zero-order valence-electron chi connectivity index (χ0n) is 18.9. The Balaban J connectivity index is 1.59. The van der Waals surface area contributed by atoms with Gasteiger partial charge in [0, 0.05) is 32.7 Å². The lowest BCUT2D eigenvalue weighted by molar-refractivity contribution is -0.147. The van der Waals surface area contributed by atoms with Crippen LogP contribution in [0.2, 0.25) is 0 Å². The number of ether oxygens (including phenoxy) is 1. The molecule has 5 nitrogen and oxygen atoms in total. The average molecular weight is 394 g/mol. The van der Waals surface area contributed by atoms with Crippen LogP contribution in [0.25, 0.3) is 0 Å². The van der Waals surface area contributed by atoms with Gasteiger partial charge in [-0.3, -0.25) is 9.69 Å². The number of hydrogen-bond donors (Lipinski definition) is 0. The average Bonchev–Trinajstić information content (AvgIpc) is 2.63. The first-order valence-electron chi connectivity index (χ1n) is 11.7. The van der Waals surface area contributed by atoms with E-state index in [9.17, 15) is 4.79 Å². The van der Waals surface area contributed by atoms with Crippen LogP contribution >= 0.6 is 0 Å². The minimum atomic E-state index is -0.0108. The van der Waals surface area contributed by atoms with Crippen molar-refractivity contribution in [2.24, 2.45) is 17.8 Å². The van der Waals surface area contributed by atoms with Gasteiger partial charge in [-0.25, -0.2) is 0 Å². The summed E-state index contributed by atoms with van der Waals surface area (Å²) >= 11 is 0. The molecule has 0 aromatic carbocycles. The van der Waals surface area contributed by atoms with E-state index in [4.69, 9.17) is 4.74 Å². The highest BCUT2D eigenvalue weighted by molar-refractivity contribution is 5.82. The number of likely N-dealkylation sites (tertiary alicyclic amines) is 2. The molecule has 3 aliphatic heterocycles. The van der Waals surface area contributed by atoms with Gasteiger partial charge in [-0.15, -0.1) is 0 Å². The summed E-state index contributed by atoms with van der Waals surface area (Å²) in [6.07, 6.45) is 5.49. The molecular weight excluding hydrogens is 350 g/mol. The first kappa shape index (κ1) is 22.0. The van der Waals surface area contributed by atoms with Crippen molar-refractivity contribution < 1.29 is 9.53 Å². The molecule has 28 heavy (non-hydrogen) atoms. The smallest absolute Gasteiger partial charge is 0.240 e. The fourth-order valence-electron chi connectivity index (χ4n) is 5.52. The van der Waals surface area contributed by atoms with Gasteiger partial charge >= 0.3 is 0 Å². The SMILES string of the molecule is CC1CCN(C[C@@H]2CCCN(C(=O)[C@H](C(C)C)N3C[C@@H](C)O[C@@H](C)C3)C2)CC1. The first-order valence-corrected chi connectivity index (χ1v) is 11.7. The van der Waals surface area contributed by atoms with Crippen LogP contribution in [-0.2, 0) is 9.53 Å². The van der Waals surface area contributed by atoms with Crippen LogP contribution in [0.3, 0.4) is 0 Å². The fraction of sp³-hybridized carbons (Fsp3) is 0.957. The quantitative estimate of drug-likeness (QED) is 0.719. The zero-order valence-corrected chi connectivity index (χ0v) is 18.9. The lowest BCUT2D eigenvalue weighted by Gasteiger charge is -2.44. The molecule has 0 aliphatic carbocycles. The van der Waals surface area contributed by atoms with Crippen molar-refractivity contribution in [1.82, 2.24) is 14.7 Å². The van der Waals surface area contributed by atoms with Crippen LogP contribution in [0.4, 0.5) is 0 Å². The normalized spacial score (nSPS) is 32.6. The second-order valence-corrected chi connectivity index (χ2v) is 10.2. The third kappa shape index (κ3) is 5.70. The van der Waals surface area contributed by atoms with Crippen molar-refractivity contribution >= 4 is 5.91 Å². The van der Waals surface area contributed by atoms with Crippen LogP contribution in [-0.4, -0.2) is 84.7 Å². The summed E-state index contributed by atoms with van der Waals surface area (Å²) in [5, 5.41) is 0. The van der Waals surface area contributed by atoms with Gasteiger partial charge in [0.15, 0.2) is 0 Å². The Morgan fingerprint density at radius 1 is 0.964 bits per heavy atom. The van der Waals surface area contributed by atoms with Gasteiger partial charge in [-0.1, -0.05) is 20.8 Å². The summed E-state index contributed by atoms with van der Waals surface area (Å²) in [4.78, 5) is 20.8. The van der Waals surface area contributed by atoms with Crippen molar-refractivity contribution in [3.8, 4) is 0 Å². The van der Waals surface area contributed by atoms with Gasteiger partial charge in [0.2, 0.25) is 5.91 Å². The third-order valence-corrected chi connectivity index (χ3v) is 6.95. The van der Waals surface area contributed by atoms with E-state index in [1.165, 1.54) is 38.9 Å². The summed E-state index contributed by atoms with van der Waals surface area (Å²) in [6.45, 7) is 18.3. The van der Waals surface area contributed by atoms with Crippen molar-refractivity contribution in [2.75, 3.05) is 45.8 Å². The maximum absolute atomic E-state index is 13.6. The molecule has 3 saturated heterocycles. The second-order valence-electron chi connectivity index (χ2n) is 10.2. The molecule has 3 rings (SSSR count). The molecule has 0 saturated carbocycles. The molecule has 0 N–H and O–H groups in total. The first-order chi connectivity index (χ1) is 13.3. The Bertz CT molecular complexity index is 494. The minimum absolute atomic E-state index is 0.0108. The maximum Gasteiger partial charge on any atom is 0.240 e. The van der Waals surface area contributed by atoms with Gasteiger partial charge in [-0.05, 0) is 70.4 Å². The van der Waals surface area contributed by atoms with Crippen LogP contribution in [0.5, 0.6) is 0 Å². The molecule has 3 heterocycles. The summed E-state index contributed by atoms with van der Waals surface area (Å²) in [6, 6.07) is -0.0108. The van der Waals surface area contributed by atoms with E-state index in [0.29, 0.717) is 17.7 Å². The Hall–Kier alpha value is -0.650. The molecular formula is C23H43N3O2. The number of carbonyl (C=O) groups is 1. The molecule has 0 bridgehead atoms. The molecule has 3 aliphatic rings. The zero-order chi connectivity index (χ0) is 20.3. The predicted octanol–water partition coefficient (Wildman–Crippen LogP) is 3.09. The summed E-state index contributed by atoms with van der Waals surface area (Å²) in [5.41, 5.74) is 0. The van der Waals surface area contributed by atoms with Crippen molar-refractivity contribution in [1.29, 1.82) is 0 Å². The molecule has 0 unspecified atom stereocenters. The maximum atomic E-state index is 13.6. The molecule has 0 spiro atoms. The number of amides is 1. The highest BCUT2D eigenvalue weighted by Crippen LogP contribution is 2.25. The number of rotatable bonds is 5. The number of morpholine rings is 1. The topological polar surface area (TPSA) is 36.0 Å². The monoisotopic (exact) mass is 393 g/mol. The molecule has 4 atom stereocenters. The van der Waals surface area contributed by atoms with Gasteiger partial charge in [-0.2, -0.15) is 0 Å². The largest absolute Gasteiger partial charge is 0.373 e. The Morgan fingerprint density at radius 3 is 2.21 bits per heavy atom. The molecule has 0 aromatic rings. The molecule has 1 amide bonds. The van der Waals surface area contributed by atoms with Crippen LogP contribution in [0, 0.1) is 17.8 Å². The van der Waals surface area contributed by atoms with Crippen molar-refractivity contribution in [3.63, 3.8) is 0 Å². The van der Waals surface area contributed by atoms with E-state index in [1.54, 1.807) is 0 Å². The Kier molecular flexibility index (Phi) is 7.80. The van der Waals surface area contributed by atoms with E-state index in [1.807, 2.05) is 0 Å². The number of nitrogens with zero attached hydrogens (tertiary/aromatic N) is 3. The van der Waals surface area contributed by atoms with Crippen molar-refractivity contribution in [2.45, 2.75) is 78.6 Å². The molecule has 5 heteroatoms. The van der Waals surface area contributed by atoms with Crippen molar-refractivity contribution in [3.05, 3.63) is 0 Å². The third-order valence-electron chi connectivity index (χ3n) is 6.95. The molecule has 0 radical (unpaired) electrons. The number of piperidine rings is 2. The van der Waals surface area contributed by atoms with Gasteiger partial charge in [0.05, 0.1) is 18.2 Å². The minimum Gasteiger partial charge on any atom is -0.373 e. The predicted molar refractivity (Wildman–Crippen MR) is 114 cm³/mol. The Morgan fingerprint density at radius 2 is 1.61 bits per heavy atom. The van der Waals surface area contributed by atoms with Crippen LogP contribution in [0.1, 0.15) is 60.3 Å². The summed E-state index contributed by atoms with van der Waals surface area (Å²) in [5.74, 6) is 2.20. The van der Waals surface area contributed by atoms with Gasteiger partial charge in [0.25, 0.3) is 0 Å². The second kappa shape index (κ2) is 9.90. The van der Waals surface area contributed by atoms with Gasteiger partial charge < -0.3 is 14.5 Å². The molecule has 3 fully saturated rings. The number of hydrogen-bond acceptors (Lipinski definition) is 4. The molecule has 162 valence electrons. The van der Waals surface area contributed by atoms with E-state index >= 15 is 0 Å². The fourth-order valence-corrected chi connectivity index (χ4v) is 5.52. The van der Waals surface area contributed by atoms with Crippen LogP contribution < -0.4 is 0 Å².